The number of pyridine rings is 1. The molecule has 2 unspecified atom stereocenters. The molecule has 2 aliphatic rings. The number of methoxy groups -OCH3 is 2. The number of hydrogen-bond acceptors (Lipinski definition) is 7. The second-order valence-electron chi connectivity index (χ2n) is 7.44. The summed E-state index contributed by atoms with van der Waals surface area (Å²) >= 11 is 0. The van der Waals surface area contributed by atoms with Crippen molar-refractivity contribution < 1.29 is 28.9 Å². The maximum Gasteiger partial charge on any atom is 0.295 e. The van der Waals surface area contributed by atoms with Gasteiger partial charge in [0.15, 0.2) is 0 Å². The first-order valence-corrected chi connectivity index (χ1v) is 10.1. The second kappa shape index (κ2) is 8.77. The lowest BCUT2D eigenvalue weighted by Gasteiger charge is -2.27. The number of benzene rings is 1. The van der Waals surface area contributed by atoms with Crippen molar-refractivity contribution >= 4 is 17.4 Å². The molecule has 2 aliphatic heterocycles. The number of hydrogen-bond donors (Lipinski definition) is 1. The SMILES string of the molecule is COc1ccc(/C(O)=C2/C(=O)C(=O)N(CC3CCCO3)C2c2cccnc2)c(OC)c1. The molecule has 0 saturated carbocycles. The Morgan fingerprint density at radius 1 is 1.26 bits per heavy atom. The lowest BCUT2D eigenvalue weighted by atomic mass is 9.95. The Labute approximate surface area is 180 Å². The van der Waals surface area contributed by atoms with Crippen molar-refractivity contribution in [3.05, 3.63) is 59.4 Å². The molecule has 1 aromatic heterocycles. The first-order valence-electron chi connectivity index (χ1n) is 10.1. The van der Waals surface area contributed by atoms with E-state index in [-0.39, 0.29) is 24.0 Å². The number of amides is 1. The van der Waals surface area contributed by atoms with Crippen LogP contribution in [-0.2, 0) is 14.3 Å². The molecule has 2 saturated heterocycles. The summed E-state index contributed by atoms with van der Waals surface area (Å²) in [6, 6.07) is 7.60. The van der Waals surface area contributed by atoms with Crippen molar-refractivity contribution in [3.8, 4) is 11.5 Å². The number of aliphatic hydroxyl groups is 1. The van der Waals surface area contributed by atoms with Gasteiger partial charge in [0.1, 0.15) is 17.3 Å². The van der Waals surface area contributed by atoms with Crippen molar-refractivity contribution in [1.82, 2.24) is 9.88 Å². The van der Waals surface area contributed by atoms with Crippen LogP contribution in [0.15, 0.2) is 48.3 Å². The van der Waals surface area contributed by atoms with Crippen molar-refractivity contribution in [1.29, 1.82) is 0 Å². The third-order valence-electron chi connectivity index (χ3n) is 5.63. The Morgan fingerprint density at radius 3 is 2.74 bits per heavy atom. The van der Waals surface area contributed by atoms with Crippen LogP contribution in [-0.4, -0.2) is 60.2 Å². The van der Waals surface area contributed by atoms with Gasteiger partial charge < -0.3 is 24.2 Å². The van der Waals surface area contributed by atoms with E-state index in [2.05, 4.69) is 4.98 Å². The predicted octanol–water partition coefficient (Wildman–Crippen LogP) is 2.70. The number of carbonyl (C=O) groups excluding carboxylic acids is 2. The molecule has 162 valence electrons. The van der Waals surface area contributed by atoms with E-state index in [9.17, 15) is 14.7 Å². The van der Waals surface area contributed by atoms with Crippen LogP contribution in [0.4, 0.5) is 0 Å². The molecule has 2 aromatic rings. The molecule has 0 radical (unpaired) electrons. The summed E-state index contributed by atoms with van der Waals surface area (Å²) in [7, 11) is 2.98. The quantitative estimate of drug-likeness (QED) is 0.432. The first-order chi connectivity index (χ1) is 15.0. The summed E-state index contributed by atoms with van der Waals surface area (Å²) in [6.07, 6.45) is 4.79. The maximum absolute atomic E-state index is 13.1. The molecule has 2 atom stereocenters. The molecule has 2 fully saturated rings. The third kappa shape index (κ3) is 3.86. The Bertz CT molecular complexity index is 1010. The standard InChI is InChI=1S/C23H24N2O6/c1-29-15-7-8-17(18(11-15)30-2)21(26)19-20(14-5-3-9-24-12-14)25(23(28)22(19)27)13-16-6-4-10-31-16/h3,5,7-9,11-12,16,20,26H,4,6,10,13H2,1-2H3/b21-19-. The zero-order chi connectivity index (χ0) is 22.0. The highest BCUT2D eigenvalue weighted by Gasteiger charge is 2.47. The fraction of sp³-hybridized carbons (Fsp3) is 0.348. The lowest BCUT2D eigenvalue weighted by Crippen LogP contribution is -2.36. The summed E-state index contributed by atoms with van der Waals surface area (Å²) in [5.74, 6) is -0.856. The molecular weight excluding hydrogens is 400 g/mol. The van der Waals surface area contributed by atoms with Gasteiger partial charge >= 0.3 is 0 Å². The molecule has 1 amide bonds. The van der Waals surface area contributed by atoms with Crippen LogP contribution in [0.3, 0.4) is 0 Å². The summed E-state index contributed by atoms with van der Waals surface area (Å²) in [6.45, 7) is 0.899. The fourth-order valence-electron chi connectivity index (χ4n) is 4.10. The average molecular weight is 424 g/mol. The van der Waals surface area contributed by atoms with E-state index in [0.29, 0.717) is 29.2 Å². The minimum absolute atomic E-state index is 0.000497. The summed E-state index contributed by atoms with van der Waals surface area (Å²) in [4.78, 5) is 31.7. The van der Waals surface area contributed by atoms with E-state index in [4.69, 9.17) is 14.2 Å². The molecule has 3 heterocycles. The Balaban J connectivity index is 1.84. The van der Waals surface area contributed by atoms with E-state index in [1.165, 1.54) is 19.1 Å². The Morgan fingerprint density at radius 2 is 2.10 bits per heavy atom. The molecule has 0 spiro atoms. The normalized spacial score (nSPS) is 22.7. The number of rotatable bonds is 6. The number of Topliss-reactive ketones (excluding diaryl/α,β-unsaturated/α-hetero) is 1. The number of likely N-dealkylation sites (tertiary alicyclic amines) is 1. The van der Waals surface area contributed by atoms with E-state index in [0.717, 1.165) is 12.8 Å². The average Bonchev–Trinajstić information content (AvgIpc) is 3.41. The highest BCUT2D eigenvalue weighted by molar-refractivity contribution is 6.46. The highest BCUT2D eigenvalue weighted by Crippen LogP contribution is 2.41. The number of aliphatic hydroxyl groups excluding tert-OH is 1. The number of carbonyl (C=O) groups is 2. The summed E-state index contributed by atoms with van der Waals surface area (Å²) in [5, 5.41) is 11.2. The third-order valence-corrected chi connectivity index (χ3v) is 5.63. The van der Waals surface area contributed by atoms with Gasteiger partial charge in [-0.1, -0.05) is 6.07 Å². The van der Waals surface area contributed by atoms with Crippen LogP contribution < -0.4 is 9.47 Å². The second-order valence-corrected chi connectivity index (χ2v) is 7.44. The minimum Gasteiger partial charge on any atom is -0.507 e. The fourth-order valence-corrected chi connectivity index (χ4v) is 4.10. The number of ketones is 1. The van der Waals surface area contributed by atoms with Crippen molar-refractivity contribution in [2.45, 2.75) is 25.0 Å². The van der Waals surface area contributed by atoms with E-state index in [1.807, 2.05) is 0 Å². The molecule has 1 N–H and O–H groups in total. The maximum atomic E-state index is 13.1. The molecule has 8 nitrogen and oxygen atoms in total. The molecule has 0 aliphatic carbocycles. The number of aromatic nitrogens is 1. The zero-order valence-electron chi connectivity index (χ0n) is 17.4. The van der Waals surface area contributed by atoms with Gasteiger partial charge in [0, 0.05) is 31.6 Å². The van der Waals surface area contributed by atoms with Gasteiger partial charge in [-0.3, -0.25) is 14.6 Å². The molecule has 8 heteroatoms. The van der Waals surface area contributed by atoms with Gasteiger partial charge in [-0.05, 0) is 36.6 Å². The van der Waals surface area contributed by atoms with Crippen LogP contribution in [0.2, 0.25) is 0 Å². The monoisotopic (exact) mass is 424 g/mol. The van der Waals surface area contributed by atoms with Crippen LogP contribution >= 0.6 is 0 Å². The number of nitrogens with zero attached hydrogens (tertiary/aromatic N) is 2. The lowest BCUT2D eigenvalue weighted by molar-refractivity contribution is -0.140. The number of ether oxygens (including phenoxy) is 3. The van der Waals surface area contributed by atoms with Crippen molar-refractivity contribution in [2.75, 3.05) is 27.4 Å². The topological polar surface area (TPSA) is 98.2 Å². The van der Waals surface area contributed by atoms with Crippen LogP contribution in [0, 0.1) is 0 Å². The van der Waals surface area contributed by atoms with Gasteiger partial charge in [0.05, 0.1) is 37.5 Å². The largest absolute Gasteiger partial charge is 0.507 e. The Kier molecular flexibility index (Phi) is 5.90. The molecule has 31 heavy (non-hydrogen) atoms. The van der Waals surface area contributed by atoms with Crippen molar-refractivity contribution in [2.24, 2.45) is 0 Å². The van der Waals surface area contributed by atoms with E-state index >= 15 is 0 Å². The van der Waals surface area contributed by atoms with Gasteiger partial charge in [-0.15, -0.1) is 0 Å². The van der Waals surface area contributed by atoms with E-state index in [1.54, 1.807) is 42.7 Å². The van der Waals surface area contributed by atoms with Crippen molar-refractivity contribution in [3.63, 3.8) is 0 Å². The molecule has 1 aromatic carbocycles. The van der Waals surface area contributed by atoms with Gasteiger partial charge in [0.25, 0.3) is 11.7 Å². The van der Waals surface area contributed by atoms with Gasteiger partial charge in [0.2, 0.25) is 0 Å². The van der Waals surface area contributed by atoms with Gasteiger partial charge in [-0.25, -0.2) is 0 Å². The molecule has 4 rings (SSSR count). The molecule has 0 bridgehead atoms. The van der Waals surface area contributed by atoms with E-state index < -0.39 is 17.7 Å². The van der Waals surface area contributed by atoms with Crippen LogP contribution in [0.25, 0.3) is 5.76 Å². The molecular formula is C23H24N2O6. The first kappa shape index (κ1) is 20.9. The predicted molar refractivity (Wildman–Crippen MR) is 112 cm³/mol. The Hall–Kier alpha value is -3.39. The summed E-state index contributed by atoms with van der Waals surface area (Å²) < 4.78 is 16.3. The zero-order valence-corrected chi connectivity index (χ0v) is 17.4. The van der Waals surface area contributed by atoms with Crippen LogP contribution in [0.5, 0.6) is 11.5 Å². The smallest absolute Gasteiger partial charge is 0.295 e. The minimum atomic E-state index is -0.773. The highest BCUT2D eigenvalue weighted by atomic mass is 16.5. The summed E-state index contributed by atoms with van der Waals surface area (Å²) in [5.41, 5.74) is 0.931. The van der Waals surface area contributed by atoms with Gasteiger partial charge in [-0.2, -0.15) is 0 Å². The van der Waals surface area contributed by atoms with Crippen LogP contribution in [0.1, 0.15) is 30.0 Å².